The average molecular weight is 445 g/mol. The summed E-state index contributed by atoms with van der Waals surface area (Å²) in [4.78, 5) is 17.5. The van der Waals surface area contributed by atoms with Crippen LogP contribution < -0.4 is 9.47 Å². The summed E-state index contributed by atoms with van der Waals surface area (Å²) in [5.41, 5.74) is 3.85. The largest absolute Gasteiger partial charge is 0.493 e. The van der Waals surface area contributed by atoms with Crippen LogP contribution in [-0.2, 0) is 11.2 Å². The molecule has 168 valence electrons. The number of ether oxygens (including phenoxy) is 2. The first kappa shape index (κ1) is 23.4. The summed E-state index contributed by atoms with van der Waals surface area (Å²) in [5, 5.41) is 0. The molecule has 2 saturated heterocycles. The number of carbonyl (C=O) groups excluding carboxylic acids is 1. The Morgan fingerprint density at radius 2 is 1.77 bits per heavy atom. The molecule has 0 aromatic heterocycles. The maximum atomic E-state index is 13.0. The van der Waals surface area contributed by atoms with Crippen LogP contribution >= 0.6 is 12.4 Å². The Bertz CT molecular complexity index is 919. The van der Waals surface area contributed by atoms with Gasteiger partial charge >= 0.3 is 0 Å². The van der Waals surface area contributed by atoms with E-state index in [1.807, 2.05) is 18.2 Å². The zero-order valence-electron chi connectivity index (χ0n) is 18.8. The zero-order valence-corrected chi connectivity index (χ0v) is 19.7. The van der Waals surface area contributed by atoms with Crippen LogP contribution in [0.15, 0.2) is 42.5 Å². The first-order valence-electron chi connectivity index (χ1n) is 10.8. The van der Waals surface area contributed by atoms with E-state index in [4.69, 9.17) is 9.47 Å². The van der Waals surface area contributed by atoms with Gasteiger partial charge in [-0.1, -0.05) is 30.3 Å². The molecule has 0 aliphatic carbocycles. The number of methoxy groups -OCH3 is 2. The number of rotatable bonds is 6. The highest BCUT2D eigenvalue weighted by Crippen LogP contribution is 2.45. The van der Waals surface area contributed by atoms with Crippen LogP contribution in [0.1, 0.15) is 29.2 Å². The first-order chi connectivity index (χ1) is 14.5. The smallest absolute Gasteiger partial charge is 0.222 e. The lowest BCUT2D eigenvalue weighted by Gasteiger charge is -2.28. The molecule has 6 heteroatoms. The molecule has 4 rings (SSSR count). The number of benzene rings is 2. The molecular weight excluding hydrogens is 412 g/mol. The predicted molar refractivity (Wildman–Crippen MR) is 125 cm³/mol. The number of hydrogen-bond donors (Lipinski definition) is 0. The van der Waals surface area contributed by atoms with Crippen molar-refractivity contribution in [2.24, 2.45) is 11.8 Å². The zero-order chi connectivity index (χ0) is 21.3. The van der Waals surface area contributed by atoms with Crippen molar-refractivity contribution in [1.29, 1.82) is 0 Å². The Morgan fingerprint density at radius 1 is 1.03 bits per heavy atom. The fourth-order valence-electron chi connectivity index (χ4n) is 5.29. The quantitative estimate of drug-likeness (QED) is 0.671. The minimum Gasteiger partial charge on any atom is -0.493 e. The van der Waals surface area contributed by atoms with E-state index in [9.17, 15) is 4.79 Å². The summed E-state index contributed by atoms with van der Waals surface area (Å²) in [5.74, 6) is 2.75. The van der Waals surface area contributed by atoms with Gasteiger partial charge in [0, 0.05) is 38.0 Å². The lowest BCUT2D eigenvalue weighted by molar-refractivity contribution is -0.130. The number of nitrogens with zero attached hydrogens (tertiary/aromatic N) is 2. The number of carbonyl (C=O) groups is 1. The van der Waals surface area contributed by atoms with Gasteiger partial charge in [0.05, 0.1) is 14.2 Å². The highest BCUT2D eigenvalue weighted by molar-refractivity contribution is 5.85. The van der Waals surface area contributed by atoms with Crippen LogP contribution in [0, 0.1) is 18.8 Å². The maximum Gasteiger partial charge on any atom is 0.222 e. The van der Waals surface area contributed by atoms with E-state index in [0.717, 1.165) is 25.2 Å². The van der Waals surface area contributed by atoms with Gasteiger partial charge in [-0.3, -0.25) is 9.69 Å². The Labute approximate surface area is 191 Å². The van der Waals surface area contributed by atoms with E-state index in [2.05, 4.69) is 48.0 Å². The molecule has 0 bridgehead atoms. The Kier molecular flexibility index (Phi) is 7.50. The fraction of sp³-hybridized carbons (Fsp3) is 0.480. The second kappa shape index (κ2) is 9.92. The summed E-state index contributed by atoms with van der Waals surface area (Å²) < 4.78 is 10.7. The van der Waals surface area contributed by atoms with Gasteiger partial charge in [-0.2, -0.15) is 0 Å². The number of halogens is 1. The normalized spacial score (nSPS) is 22.7. The molecule has 5 nitrogen and oxygen atoms in total. The number of likely N-dealkylation sites (tertiary alicyclic amines) is 2. The maximum absolute atomic E-state index is 13.0. The van der Waals surface area contributed by atoms with E-state index >= 15 is 0 Å². The lowest BCUT2D eigenvalue weighted by Crippen LogP contribution is -2.33. The van der Waals surface area contributed by atoms with Gasteiger partial charge in [-0.15, -0.1) is 12.4 Å². The van der Waals surface area contributed by atoms with E-state index in [1.54, 1.807) is 14.2 Å². The predicted octanol–water partition coefficient (Wildman–Crippen LogP) is 4.13. The van der Waals surface area contributed by atoms with Gasteiger partial charge in [0.1, 0.15) is 0 Å². The van der Waals surface area contributed by atoms with Crippen molar-refractivity contribution in [3.8, 4) is 11.5 Å². The topological polar surface area (TPSA) is 42.0 Å². The minimum atomic E-state index is 0. The van der Waals surface area contributed by atoms with Crippen LogP contribution in [0.3, 0.4) is 0 Å². The molecule has 2 aromatic rings. The first-order valence-corrected chi connectivity index (χ1v) is 10.8. The standard InChI is InChI=1S/C25H32N2O3.ClH/c1-17-7-5-6-8-20(17)25-21-16-27(15-19(21)14-26(25)2)24(28)12-10-18-9-11-22(29-3)23(13-18)30-4;/h5-9,11,13,19,21,25H,10,12,14-16H2,1-4H3;1H/t19-,21+,25-;/m0./s1. The molecule has 1 amide bonds. The monoisotopic (exact) mass is 444 g/mol. The van der Waals surface area contributed by atoms with Crippen molar-refractivity contribution in [2.75, 3.05) is 40.9 Å². The highest BCUT2D eigenvalue weighted by atomic mass is 35.5. The van der Waals surface area contributed by atoms with Crippen LogP contribution in [0.2, 0.25) is 0 Å². The number of hydrogen-bond acceptors (Lipinski definition) is 4. The summed E-state index contributed by atoms with van der Waals surface area (Å²) in [7, 11) is 5.49. The summed E-state index contributed by atoms with van der Waals surface area (Å²) in [6.07, 6.45) is 1.24. The molecule has 0 saturated carbocycles. The van der Waals surface area contributed by atoms with Crippen molar-refractivity contribution < 1.29 is 14.3 Å². The van der Waals surface area contributed by atoms with Crippen molar-refractivity contribution in [3.63, 3.8) is 0 Å². The second-order valence-electron chi connectivity index (χ2n) is 8.65. The van der Waals surface area contributed by atoms with Crippen LogP contribution in [0.25, 0.3) is 0 Å². The van der Waals surface area contributed by atoms with Gasteiger partial charge in [-0.05, 0) is 55.1 Å². The molecule has 0 unspecified atom stereocenters. The van der Waals surface area contributed by atoms with Gasteiger partial charge in [0.2, 0.25) is 5.91 Å². The third-order valence-corrected chi connectivity index (χ3v) is 6.83. The molecule has 2 aromatic carbocycles. The third kappa shape index (κ3) is 4.68. The molecule has 2 aliphatic heterocycles. The third-order valence-electron chi connectivity index (χ3n) is 6.83. The number of amides is 1. The highest BCUT2D eigenvalue weighted by Gasteiger charge is 2.47. The molecule has 3 atom stereocenters. The molecule has 31 heavy (non-hydrogen) atoms. The van der Waals surface area contributed by atoms with Gasteiger partial charge < -0.3 is 14.4 Å². The summed E-state index contributed by atoms with van der Waals surface area (Å²) >= 11 is 0. The van der Waals surface area contributed by atoms with E-state index in [-0.39, 0.29) is 18.3 Å². The van der Waals surface area contributed by atoms with Crippen molar-refractivity contribution in [2.45, 2.75) is 25.8 Å². The van der Waals surface area contributed by atoms with E-state index < -0.39 is 0 Å². The average Bonchev–Trinajstić information content (AvgIpc) is 3.29. The molecular formula is C25H33ClN2O3. The van der Waals surface area contributed by atoms with Crippen molar-refractivity contribution >= 4 is 18.3 Å². The van der Waals surface area contributed by atoms with Crippen LogP contribution in [-0.4, -0.2) is 56.6 Å². The van der Waals surface area contributed by atoms with E-state index in [1.165, 1.54) is 11.1 Å². The van der Waals surface area contributed by atoms with Crippen molar-refractivity contribution in [1.82, 2.24) is 9.80 Å². The Morgan fingerprint density at radius 3 is 2.48 bits per heavy atom. The molecule has 0 radical (unpaired) electrons. The second-order valence-corrected chi connectivity index (χ2v) is 8.65. The van der Waals surface area contributed by atoms with Crippen LogP contribution in [0.4, 0.5) is 0 Å². The van der Waals surface area contributed by atoms with Gasteiger partial charge in [-0.25, -0.2) is 0 Å². The number of fused-ring (bicyclic) bond motifs is 1. The molecule has 2 heterocycles. The summed E-state index contributed by atoms with van der Waals surface area (Å²) in [6.45, 7) is 4.99. The minimum absolute atomic E-state index is 0. The van der Waals surface area contributed by atoms with E-state index in [0.29, 0.717) is 42.2 Å². The fourth-order valence-corrected chi connectivity index (χ4v) is 5.29. The van der Waals surface area contributed by atoms with Crippen LogP contribution in [0.5, 0.6) is 11.5 Å². The molecule has 2 aliphatic rings. The van der Waals surface area contributed by atoms with Gasteiger partial charge in [0.15, 0.2) is 11.5 Å². The number of aryl methyl sites for hydroxylation is 2. The molecule has 0 N–H and O–H groups in total. The Balaban J connectivity index is 0.00000272. The Hall–Kier alpha value is -2.24. The SMILES string of the molecule is COc1ccc(CCC(=O)N2C[C@@H]3CN(C)[C@@H](c4ccccc4C)[C@@H]3C2)cc1OC.Cl. The summed E-state index contributed by atoms with van der Waals surface area (Å²) in [6, 6.07) is 15.0. The van der Waals surface area contributed by atoms with Crippen molar-refractivity contribution in [3.05, 3.63) is 59.2 Å². The lowest BCUT2D eigenvalue weighted by atomic mass is 9.88. The van der Waals surface area contributed by atoms with Gasteiger partial charge in [0.25, 0.3) is 0 Å². The molecule has 0 spiro atoms. The molecule has 2 fully saturated rings.